The molecule has 1 fully saturated rings. The van der Waals surface area contributed by atoms with Crippen molar-refractivity contribution in [1.29, 1.82) is 0 Å². The second-order valence-electron chi connectivity index (χ2n) is 7.25. The molecule has 4 heteroatoms. The number of rotatable bonds is 5. The lowest BCUT2D eigenvalue weighted by Crippen LogP contribution is -2.34. The van der Waals surface area contributed by atoms with Crippen molar-refractivity contribution in [2.45, 2.75) is 46.7 Å². The van der Waals surface area contributed by atoms with Crippen LogP contribution in [-0.2, 0) is 13.1 Å². The fraction of sp³-hybridized carbons (Fsp3) is 0.550. The Morgan fingerprint density at radius 1 is 1.29 bits per heavy atom. The molecule has 1 saturated heterocycles. The minimum atomic E-state index is 0.132. The van der Waals surface area contributed by atoms with E-state index < -0.39 is 0 Å². The van der Waals surface area contributed by atoms with Crippen LogP contribution in [0.25, 0.3) is 11.4 Å². The van der Waals surface area contributed by atoms with E-state index in [0.29, 0.717) is 6.54 Å². The Morgan fingerprint density at radius 2 is 2.12 bits per heavy atom. The summed E-state index contributed by atoms with van der Waals surface area (Å²) in [6, 6.07) is 4.53. The molecule has 1 aliphatic rings. The number of piperidine rings is 1. The van der Waals surface area contributed by atoms with Gasteiger partial charge in [-0.05, 0) is 56.3 Å². The highest BCUT2D eigenvalue weighted by molar-refractivity contribution is 5.64. The molecule has 2 aromatic rings. The molecule has 1 unspecified atom stereocenters. The van der Waals surface area contributed by atoms with Crippen molar-refractivity contribution in [3.8, 4) is 11.4 Å². The molecule has 1 aromatic carbocycles. The van der Waals surface area contributed by atoms with E-state index in [0.717, 1.165) is 18.3 Å². The SMILES string of the molecule is Cc1cc(CN2CCCC(C)C2)c(C)c(-c2nccn2CCO)c1. The molecule has 130 valence electrons. The van der Waals surface area contributed by atoms with Crippen molar-refractivity contribution >= 4 is 0 Å². The molecule has 0 saturated carbocycles. The normalized spacial score (nSPS) is 18.9. The summed E-state index contributed by atoms with van der Waals surface area (Å²) in [4.78, 5) is 7.13. The lowest BCUT2D eigenvalue weighted by molar-refractivity contribution is 0.176. The van der Waals surface area contributed by atoms with Gasteiger partial charge in [0.1, 0.15) is 5.82 Å². The van der Waals surface area contributed by atoms with Crippen molar-refractivity contribution in [3.05, 3.63) is 41.2 Å². The number of benzene rings is 1. The van der Waals surface area contributed by atoms with Crippen LogP contribution in [0.15, 0.2) is 24.5 Å². The number of imidazole rings is 1. The lowest BCUT2D eigenvalue weighted by Gasteiger charge is -2.31. The third-order valence-electron chi connectivity index (χ3n) is 5.09. The molecule has 1 aliphatic heterocycles. The molecular weight excluding hydrogens is 298 g/mol. The van der Waals surface area contributed by atoms with Gasteiger partial charge in [-0.2, -0.15) is 0 Å². The van der Waals surface area contributed by atoms with Gasteiger partial charge >= 0.3 is 0 Å². The first-order valence-corrected chi connectivity index (χ1v) is 9.03. The van der Waals surface area contributed by atoms with Crippen LogP contribution >= 0.6 is 0 Å². The summed E-state index contributed by atoms with van der Waals surface area (Å²) >= 11 is 0. The average molecular weight is 327 g/mol. The van der Waals surface area contributed by atoms with Crippen LogP contribution in [-0.4, -0.2) is 39.3 Å². The Bertz CT molecular complexity index is 692. The van der Waals surface area contributed by atoms with Crippen LogP contribution in [0.2, 0.25) is 0 Å². The van der Waals surface area contributed by atoms with Crippen LogP contribution in [0.5, 0.6) is 0 Å². The van der Waals surface area contributed by atoms with Gasteiger partial charge in [-0.25, -0.2) is 4.98 Å². The number of aliphatic hydroxyl groups is 1. The van der Waals surface area contributed by atoms with Crippen molar-refractivity contribution in [3.63, 3.8) is 0 Å². The van der Waals surface area contributed by atoms with Crippen LogP contribution in [0.1, 0.15) is 36.5 Å². The van der Waals surface area contributed by atoms with E-state index in [-0.39, 0.29) is 6.61 Å². The highest BCUT2D eigenvalue weighted by Crippen LogP contribution is 2.28. The highest BCUT2D eigenvalue weighted by Gasteiger charge is 2.19. The number of likely N-dealkylation sites (tertiary alicyclic amines) is 1. The molecule has 0 spiro atoms. The smallest absolute Gasteiger partial charge is 0.140 e. The maximum atomic E-state index is 9.27. The second kappa shape index (κ2) is 7.49. The third kappa shape index (κ3) is 3.70. The predicted molar refractivity (Wildman–Crippen MR) is 97.9 cm³/mol. The lowest BCUT2D eigenvalue weighted by atomic mass is 9.96. The Kier molecular flexibility index (Phi) is 5.36. The van der Waals surface area contributed by atoms with Gasteiger partial charge < -0.3 is 9.67 Å². The van der Waals surface area contributed by atoms with Crippen LogP contribution < -0.4 is 0 Å². The fourth-order valence-corrected chi connectivity index (χ4v) is 3.84. The number of aromatic nitrogens is 2. The molecule has 0 aliphatic carbocycles. The summed E-state index contributed by atoms with van der Waals surface area (Å²) in [5, 5.41) is 9.27. The van der Waals surface area contributed by atoms with E-state index in [9.17, 15) is 5.11 Å². The summed E-state index contributed by atoms with van der Waals surface area (Å²) in [7, 11) is 0. The first kappa shape index (κ1) is 17.2. The molecule has 1 aromatic heterocycles. The third-order valence-corrected chi connectivity index (χ3v) is 5.09. The molecular formula is C20H29N3O. The van der Waals surface area contributed by atoms with Crippen molar-refractivity contribution in [2.75, 3.05) is 19.7 Å². The number of nitrogens with zero attached hydrogens (tertiary/aromatic N) is 3. The Labute approximate surface area is 145 Å². The van der Waals surface area contributed by atoms with Crippen molar-refractivity contribution in [1.82, 2.24) is 14.5 Å². The van der Waals surface area contributed by atoms with E-state index in [4.69, 9.17) is 0 Å². The zero-order valence-corrected chi connectivity index (χ0v) is 15.1. The quantitative estimate of drug-likeness (QED) is 0.915. The molecule has 0 bridgehead atoms. The van der Waals surface area contributed by atoms with E-state index in [1.807, 2.05) is 17.0 Å². The standard InChI is InChI=1S/C20H29N3O/c1-15-5-4-7-22(13-15)14-18-11-16(2)12-19(17(18)3)20-21-6-8-23(20)9-10-24/h6,8,11-12,15,24H,4-5,7,9-10,13-14H2,1-3H3. The summed E-state index contributed by atoms with van der Waals surface area (Å²) < 4.78 is 2.04. The number of aliphatic hydroxyl groups excluding tert-OH is 1. The fourth-order valence-electron chi connectivity index (χ4n) is 3.84. The summed E-state index contributed by atoms with van der Waals surface area (Å²) in [5.41, 5.74) is 5.17. The van der Waals surface area contributed by atoms with Gasteiger partial charge in [-0.15, -0.1) is 0 Å². The van der Waals surface area contributed by atoms with Gasteiger partial charge in [0, 0.05) is 37.6 Å². The van der Waals surface area contributed by atoms with E-state index in [2.05, 4.69) is 42.8 Å². The van der Waals surface area contributed by atoms with Gasteiger partial charge in [0.15, 0.2) is 0 Å². The molecule has 4 nitrogen and oxygen atoms in total. The minimum absolute atomic E-state index is 0.132. The zero-order valence-electron chi connectivity index (χ0n) is 15.1. The van der Waals surface area contributed by atoms with Crippen LogP contribution in [0.3, 0.4) is 0 Å². The van der Waals surface area contributed by atoms with Crippen LogP contribution in [0, 0.1) is 19.8 Å². The monoisotopic (exact) mass is 327 g/mol. The zero-order chi connectivity index (χ0) is 17.1. The van der Waals surface area contributed by atoms with Gasteiger partial charge in [0.25, 0.3) is 0 Å². The molecule has 24 heavy (non-hydrogen) atoms. The molecule has 2 heterocycles. The van der Waals surface area contributed by atoms with Gasteiger partial charge in [0.2, 0.25) is 0 Å². The maximum absolute atomic E-state index is 9.27. The Morgan fingerprint density at radius 3 is 2.88 bits per heavy atom. The molecule has 0 radical (unpaired) electrons. The molecule has 1 atom stereocenters. The summed E-state index contributed by atoms with van der Waals surface area (Å²) in [6.45, 7) is 10.8. The molecule has 0 amide bonds. The number of aryl methyl sites for hydroxylation is 1. The predicted octanol–water partition coefficient (Wildman–Crippen LogP) is 3.39. The maximum Gasteiger partial charge on any atom is 0.140 e. The minimum Gasteiger partial charge on any atom is -0.395 e. The Hall–Kier alpha value is -1.65. The van der Waals surface area contributed by atoms with E-state index in [1.165, 1.54) is 48.2 Å². The average Bonchev–Trinajstić information content (AvgIpc) is 2.99. The van der Waals surface area contributed by atoms with Gasteiger partial charge in [-0.1, -0.05) is 18.6 Å². The van der Waals surface area contributed by atoms with Crippen LogP contribution in [0.4, 0.5) is 0 Å². The topological polar surface area (TPSA) is 41.3 Å². The van der Waals surface area contributed by atoms with Crippen molar-refractivity contribution < 1.29 is 5.11 Å². The van der Waals surface area contributed by atoms with Crippen molar-refractivity contribution in [2.24, 2.45) is 5.92 Å². The first-order valence-electron chi connectivity index (χ1n) is 9.03. The van der Waals surface area contributed by atoms with E-state index >= 15 is 0 Å². The van der Waals surface area contributed by atoms with Gasteiger partial charge in [0.05, 0.1) is 6.61 Å². The first-order chi connectivity index (χ1) is 11.6. The Balaban J connectivity index is 1.91. The highest BCUT2D eigenvalue weighted by atomic mass is 16.3. The van der Waals surface area contributed by atoms with E-state index in [1.54, 1.807) is 0 Å². The molecule has 1 N–H and O–H groups in total. The second-order valence-corrected chi connectivity index (χ2v) is 7.25. The largest absolute Gasteiger partial charge is 0.395 e. The van der Waals surface area contributed by atoms with Gasteiger partial charge in [-0.3, -0.25) is 4.90 Å². The molecule has 3 rings (SSSR count). The number of hydrogen-bond donors (Lipinski definition) is 1. The summed E-state index contributed by atoms with van der Waals surface area (Å²) in [5.74, 6) is 1.75. The summed E-state index contributed by atoms with van der Waals surface area (Å²) in [6.07, 6.45) is 6.42. The number of hydrogen-bond acceptors (Lipinski definition) is 3.